The highest BCUT2D eigenvalue weighted by Crippen LogP contribution is 2.26. The highest BCUT2D eigenvalue weighted by atomic mass is 16.2. The van der Waals surface area contributed by atoms with Crippen molar-refractivity contribution in [2.45, 2.75) is 32.7 Å². The summed E-state index contributed by atoms with van der Waals surface area (Å²) in [7, 11) is 1.78. The molecule has 0 saturated carbocycles. The lowest BCUT2D eigenvalue weighted by molar-refractivity contribution is 0.0776. The first-order valence-corrected chi connectivity index (χ1v) is 8.64. The van der Waals surface area contributed by atoms with E-state index in [-0.39, 0.29) is 5.91 Å². The highest BCUT2D eigenvalue weighted by molar-refractivity contribution is 5.93. The van der Waals surface area contributed by atoms with Crippen LogP contribution in [0.4, 0.5) is 0 Å². The van der Waals surface area contributed by atoms with Crippen molar-refractivity contribution in [3.05, 3.63) is 53.1 Å². The third-order valence-electron chi connectivity index (χ3n) is 4.84. The monoisotopic (exact) mass is 335 g/mol. The number of nitrogens with zero attached hydrogens (tertiary/aromatic N) is 4. The Morgan fingerprint density at radius 2 is 2.12 bits per heavy atom. The van der Waals surface area contributed by atoms with Crippen molar-refractivity contribution in [2.24, 2.45) is 5.92 Å². The minimum atomic E-state index is -0.0680. The zero-order chi connectivity index (χ0) is 17.4. The summed E-state index contributed by atoms with van der Waals surface area (Å²) < 4.78 is 0. The smallest absolute Gasteiger partial charge is 0.274 e. The first kappa shape index (κ1) is 15.7. The molecule has 6 nitrogen and oxygen atoms in total. The predicted octanol–water partition coefficient (Wildman–Crippen LogP) is 2.75. The summed E-state index contributed by atoms with van der Waals surface area (Å²) in [5.74, 6) is 0.523. The molecular formula is C19H21N5O. The third kappa shape index (κ3) is 2.99. The van der Waals surface area contributed by atoms with Gasteiger partial charge in [0.05, 0.1) is 29.5 Å². The molecule has 0 fully saturated rings. The molecule has 1 amide bonds. The Morgan fingerprint density at radius 3 is 2.96 bits per heavy atom. The van der Waals surface area contributed by atoms with Crippen LogP contribution in [-0.2, 0) is 19.4 Å². The van der Waals surface area contributed by atoms with E-state index in [9.17, 15) is 4.79 Å². The van der Waals surface area contributed by atoms with E-state index in [2.05, 4.69) is 27.1 Å². The van der Waals surface area contributed by atoms with Gasteiger partial charge in [-0.2, -0.15) is 5.10 Å². The minimum absolute atomic E-state index is 0.0680. The molecule has 0 aliphatic heterocycles. The minimum Gasteiger partial charge on any atom is -0.334 e. The molecule has 0 saturated heterocycles. The summed E-state index contributed by atoms with van der Waals surface area (Å²) in [6, 6.07) is 7.73. The van der Waals surface area contributed by atoms with Gasteiger partial charge in [-0.3, -0.25) is 14.9 Å². The molecule has 2 heterocycles. The van der Waals surface area contributed by atoms with Crippen LogP contribution >= 0.6 is 0 Å². The molecule has 3 aromatic rings. The Morgan fingerprint density at radius 1 is 1.32 bits per heavy atom. The highest BCUT2D eigenvalue weighted by Gasteiger charge is 2.26. The second kappa shape index (κ2) is 6.27. The summed E-state index contributed by atoms with van der Waals surface area (Å²) in [4.78, 5) is 23.5. The number of para-hydroxylation sites is 2. The van der Waals surface area contributed by atoms with Crippen LogP contribution in [0.1, 0.15) is 40.8 Å². The molecule has 128 valence electrons. The lowest BCUT2D eigenvalue weighted by Gasteiger charge is -2.20. The lowest BCUT2D eigenvalue weighted by Crippen LogP contribution is -2.28. The number of carbonyl (C=O) groups excluding carboxylic acids is 1. The van der Waals surface area contributed by atoms with E-state index in [1.807, 2.05) is 24.3 Å². The predicted molar refractivity (Wildman–Crippen MR) is 95.1 cm³/mol. The Kier molecular flexibility index (Phi) is 3.95. The topological polar surface area (TPSA) is 74.8 Å². The number of fused-ring (bicyclic) bond motifs is 2. The van der Waals surface area contributed by atoms with Gasteiger partial charge in [0.15, 0.2) is 5.69 Å². The summed E-state index contributed by atoms with van der Waals surface area (Å²) >= 11 is 0. The van der Waals surface area contributed by atoms with Gasteiger partial charge in [0.2, 0.25) is 0 Å². The molecule has 0 spiro atoms. The summed E-state index contributed by atoms with van der Waals surface area (Å²) in [6.45, 7) is 2.63. The molecule has 4 rings (SSSR count). The Balaban J connectivity index is 1.55. The quantitative estimate of drug-likeness (QED) is 0.798. The Hall–Kier alpha value is -2.76. The van der Waals surface area contributed by atoms with Crippen molar-refractivity contribution in [1.29, 1.82) is 0 Å². The lowest BCUT2D eigenvalue weighted by atomic mass is 9.87. The van der Waals surface area contributed by atoms with Gasteiger partial charge in [-0.15, -0.1) is 0 Å². The number of rotatable bonds is 3. The Labute approximate surface area is 146 Å². The van der Waals surface area contributed by atoms with E-state index in [4.69, 9.17) is 0 Å². The van der Waals surface area contributed by atoms with Gasteiger partial charge in [-0.25, -0.2) is 4.98 Å². The maximum absolute atomic E-state index is 12.8. The zero-order valence-corrected chi connectivity index (χ0v) is 14.5. The molecule has 25 heavy (non-hydrogen) atoms. The van der Waals surface area contributed by atoms with E-state index in [0.717, 1.165) is 47.2 Å². The first-order valence-electron chi connectivity index (χ1n) is 8.64. The second-order valence-electron chi connectivity index (χ2n) is 6.89. The van der Waals surface area contributed by atoms with Crippen molar-refractivity contribution < 1.29 is 4.79 Å². The fourth-order valence-corrected chi connectivity index (χ4v) is 3.41. The van der Waals surface area contributed by atoms with Gasteiger partial charge < -0.3 is 4.90 Å². The number of aryl methyl sites for hydroxylation is 1. The molecular weight excluding hydrogens is 314 g/mol. The van der Waals surface area contributed by atoms with Crippen molar-refractivity contribution in [3.8, 4) is 0 Å². The average Bonchev–Trinajstić information content (AvgIpc) is 3.04. The SMILES string of the molecule is C[C@H]1CCc2[nH]nc(C(=O)N(C)Cc3cnc4ccccc4n3)c2C1. The number of hydrogen-bond acceptors (Lipinski definition) is 4. The molecule has 0 unspecified atom stereocenters. The molecule has 2 aromatic heterocycles. The van der Waals surface area contributed by atoms with Crippen molar-refractivity contribution in [2.75, 3.05) is 7.05 Å². The van der Waals surface area contributed by atoms with Crippen molar-refractivity contribution in [1.82, 2.24) is 25.1 Å². The van der Waals surface area contributed by atoms with Gasteiger partial charge in [0.25, 0.3) is 5.91 Å². The van der Waals surface area contributed by atoms with E-state index < -0.39 is 0 Å². The molecule has 1 aliphatic carbocycles. The standard InChI is InChI=1S/C19H21N5O/c1-12-7-8-15-14(9-12)18(23-22-15)19(25)24(2)11-13-10-20-16-5-3-4-6-17(16)21-13/h3-6,10,12H,7-9,11H2,1-2H3,(H,22,23)/t12-/m0/s1. The molecule has 1 N–H and O–H groups in total. The van der Waals surface area contributed by atoms with Gasteiger partial charge in [0, 0.05) is 18.3 Å². The van der Waals surface area contributed by atoms with Crippen LogP contribution in [0.15, 0.2) is 30.5 Å². The van der Waals surface area contributed by atoms with Gasteiger partial charge in [-0.05, 0) is 37.3 Å². The van der Waals surface area contributed by atoms with Gasteiger partial charge >= 0.3 is 0 Å². The summed E-state index contributed by atoms with van der Waals surface area (Å²) in [6.07, 6.45) is 4.76. The number of nitrogens with one attached hydrogen (secondary N) is 1. The number of amides is 1. The van der Waals surface area contributed by atoms with Crippen LogP contribution in [0.5, 0.6) is 0 Å². The molecule has 1 aromatic carbocycles. The Bertz CT molecular complexity index is 932. The summed E-state index contributed by atoms with van der Waals surface area (Å²) in [5, 5.41) is 7.34. The number of aromatic amines is 1. The normalized spacial score (nSPS) is 16.6. The van der Waals surface area contributed by atoms with E-state index in [1.54, 1.807) is 18.1 Å². The van der Waals surface area contributed by atoms with Crippen molar-refractivity contribution in [3.63, 3.8) is 0 Å². The number of benzene rings is 1. The van der Waals surface area contributed by atoms with Crippen LogP contribution in [0, 0.1) is 5.92 Å². The fraction of sp³-hybridized carbons (Fsp3) is 0.368. The number of hydrogen-bond donors (Lipinski definition) is 1. The van der Waals surface area contributed by atoms with Crippen molar-refractivity contribution >= 4 is 16.9 Å². The van der Waals surface area contributed by atoms with E-state index in [0.29, 0.717) is 18.2 Å². The number of H-pyrrole nitrogens is 1. The van der Waals surface area contributed by atoms with E-state index >= 15 is 0 Å². The van der Waals surface area contributed by atoms with Crippen LogP contribution in [0.3, 0.4) is 0 Å². The largest absolute Gasteiger partial charge is 0.334 e. The maximum atomic E-state index is 12.8. The van der Waals surface area contributed by atoms with Crippen LogP contribution in [0.25, 0.3) is 11.0 Å². The van der Waals surface area contributed by atoms with Gasteiger partial charge in [-0.1, -0.05) is 19.1 Å². The molecule has 1 atom stereocenters. The van der Waals surface area contributed by atoms with Crippen LogP contribution < -0.4 is 0 Å². The second-order valence-corrected chi connectivity index (χ2v) is 6.89. The molecule has 6 heteroatoms. The van der Waals surface area contributed by atoms with Gasteiger partial charge in [0.1, 0.15) is 0 Å². The van der Waals surface area contributed by atoms with Crippen LogP contribution in [0.2, 0.25) is 0 Å². The fourth-order valence-electron chi connectivity index (χ4n) is 3.41. The molecule has 0 bridgehead atoms. The number of carbonyl (C=O) groups is 1. The third-order valence-corrected chi connectivity index (χ3v) is 4.84. The average molecular weight is 335 g/mol. The molecule has 0 radical (unpaired) electrons. The first-order chi connectivity index (χ1) is 12.1. The number of aromatic nitrogens is 4. The maximum Gasteiger partial charge on any atom is 0.274 e. The zero-order valence-electron chi connectivity index (χ0n) is 14.5. The summed E-state index contributed by atoms with van der Waals surface area (Å²) in [5.41, 5.74) is 5.22. The molecule has 1 aliphatic rings. The van der Waals surface area contributed by atoms with E-state index in [1.165, 1.54) is 0 Å². The van der Waals surface area contributed by atoms with Crippen LogP contribution in [-0.4, -0.2) is 38.0 Å².